The van der Waals surface area contributed by atoms with Crippen molar-refractivity contribution >= 4 is 17.2 Å². The second-order valence-electron chi connectivity index (χ2n) is 6.78. The number of aromatic nitrogens is 1. The molecule has 4 nitrogen and oxygen atoms in total. The molecule has 2 fully saturated rings. The molecule has 2 atom stereocenters. The molecule has 0 bridgehead atoms. The molecule has 22 heavy (non-hydrogen) atoms. The molecule has 2 aliphatic rings. The minimum absolute atomic E-state index is 0.0274. The highest BCUT2D eigenvalue weighted by Crippen LogP contribution is 2.41. The Labute approximate surface area is 137 Å². The van der Waals surface area contributed by atoms with Gasteiger partial charge in [0.25, 0.3) is 0 Å². The molecule has 3 rings (SSSR count). The summed E-state index contributed by atoms with van der Waals surface area (Å²) in [4.78, 5) is 19.7. The Hall–Kier alpha value is -0.940. The number of rotatable bonds is 5. The highest BCUT2D eigenvalue weighted by Gasteiger charge is 2.36. The van der Waals surface area contributed by atoms with Gasteiger partial charge in [-0.15, -0.1) is 11.3 Å². The van der Waals surface area contributed by atoms with Crippen molar-refractivity contribution in [2.45, 2.75) is 64.5 Å². The minimum atomic E-state index is -0.0274. The Bertz CT molecular complexity index is 504. The van der Waals surface area contributed by atoms with Gasteiger partial charge < -0.3 is 5.32 Å². The minimum Gasteiger partial charge on any atom is -0.345 e. The van der Waals surface area contributed by atoms with Gasteiger partial charge >= 0.3 is 0 Å². The average Bonchev–Trinajstić information content (AvgIpc) is 3.30. The van der Waals surface area contributed by atoms with Crippen molar-refractivity contribution in [2.75, 3.05) is 13.1 Å². The van der Waals surface area contributed by atoms with Gasteiger partial charge in [-0.05, 0) is 58.5 Å². The molecule has 1 aliphatic carbocycles. The second-order valence-corrected chi connectivity index (χ2v) is 7.67. The van der Waals surface area contributed by atoms with E-state index >= 15 is 0 Å². The van der Waals surface area contributed by atoms with Gasteiger partial charge in [0.05, 0.1) is 12.1 Å². The third kappa shape index (κ3) is 3.87. The molecule has 1 N–H and O–H groups in total. The molecule has 1 saturated heterocycles. The Morgan fingerprint density at radius 2 is 2.00 bits per heavy atom. The van der Waals surface area contributed by atoms with Crippen LogP contribution in [0.5, 0.6) is 0 Å². The summed E-state index contributed by atoms with van der Waals surface area (Å²) in [5.41, 5.74) is 1.06. The van der Waals surface area contributed by atoms with Gasteiger partial charge in [0.2, 0.25) is 5.91 Å². The average molecular weight is 321 g/mol. The van der Waals surface area contributed by atoms with Gasteiger partial charge in [0, 0.05) is 11.1 Å². The maximum absolute atomic E-state index is 12.7. The van der Waals surface area contributed by atoms with Crippen molar-refractivity contribution in [1.29, 1.82) is 0 Å². The summed E-state index contributed by atoms with van der Waals surface area (Å²) in [5.74, 6) is 0.762. The topological polar surface area (TPSA) is 45.2 Å². The van der Waals surface area contributed by atoms with Crippen LogP contribution in [-0.2, 0) is 4.79 Å². The third-order valence-electron chi connectivity index (χ3n) is 4.86. The lowest BCUT2D eigenvalue weighted by atomic mass is 10.1. The first-order chi connectivity index (χ1) is 10.6. The summed E-state index contributed by atoms with van der Waals surface area (Å²) in [7, 11) is 0. The number of amides is 1. The molecule has 0 spiro atoms. The number of carbonyl (C=O) groups is 1. The van der Waals surface area contributed by atoms with Crippen LogP contribution in [0.25, 0.3) is 0 Å². The van der Waals surface area contributed by atoms with E-state index in [1.54, 1.807) is 11.3 Å². The van der Waals surface area contributed by atoms with Gasteiger partial charge in [-0.25, -0.2) is 4.98 Å². The number of hydrogen-bond acceptors (Lipinski definition) is 4. The molecule has 1 aromatic heterocycles. The molecule has 1 amide bonds. The monoisotopic (exact) mass is 321 g/mol. The SMILES string of the molecule is Cc1csc([C@H](NC(=O)[C@H](C)N2CCCCCC2)C2CC2)n1. The van der Waals surface area contributed by atoms with Gasteiger partial charge in [-0.2, -0.15) is 0 Å². The summed E-state index contributed by atoms with van der Waals surface area (Å²) >= 11 is 1.68. The van der Waals surface area contributed by atoms with Crippen molar-refractivity contribution in [3.05, 3.63) is 16.1 Å². The fraction of sp³-hybridized carbons (Fsp3) is 0.765. The summed E-state index contributed by atoms with van der Waals surface area (Å²) in [6, 6.07) is 0.0982. The first kappa shape index (κ1) is 15.9. The number of nitrogens with one attached hydrogen (secondary N) is 1. The summed E-state index contributed by atoms with van der Waals surface area (Å²) in [6.07, 6.45) is 7.45. The molecule has 1 aromatic rings. The van der Waals surface area contributed by atoms with Crippen molar-refractivity contribution < 1.29 is 4.79 Å². The molecule has 0 unspecified atom stereocenters. The summed E-state index contributed by atoms with van der Waals surface area (Å²) in [5, 5.41) is 6.45. The van der Waals surface area contributed by atoms with Crippen LogP contribution in [0, 0.1) is 12.8 Å². The summed E-state index contributed by atoms with van der Waals surface area (Å²) < 4.78 is 0. The fourth-order valence-corrected chi connectivity index (χ4v) is 4.19. The Morgan fingerprint density at radius 1 is 1.32 bits per heavy atom. The Kier molecular flexibility index (Phi) is 5.14. The quantitative estimate of drug-likeness (QED) is 0.905. The summed E-state index contributed by atoms with van der Waals surface area (Å²) in [6.45, 7) is 6.18. The molecule has 122 valence electrons. The van der Waals surface area contributed by atoms with Crippen LogP contribution in [0.2, 0.25) is 0 Å². The lowest BCUT2D eigenvalue weighted by Gasteiger charge is -2.28. The lowest BCUT2D eigenvalue weighted by molar-refractivity contribution is -0.126. The number of nitrogens with zero attached hydrogens (tertiary/aromatic N) is 2. The van der Waals surface area contributed by atoms with E-state index < -0.39 is 0 Å². The number of aryl methyl sites for hydroxylation is 1. The van der Waals surface area contributed by atoms with Crippen molar-refractivity contribution in [3.8, 4) is 0 Å². The first-order valence-corrected chi connectivity index (χ1v) is 9.49. The molecule has 2 heterocycles. The van der Waals surface area contributed by atoms with Crippen molar-refractivity contribution in [1.82, 2.24) is 15.2 Å². The van der Waals surface area contributed by atoms with E-state index in [0.29, 0.717) is 5.92 Å². The van der Waals surface area contributed by atoms with Gasteiger partial charge in [0.1, 0.15) is 5.01 Å². The largest absolute Gasteiger partial charge is 0.345 e. The van der Waals surface area contributed by atoms with E-state index in [-0.39, 0.29) is 18.0 Å². The zero-order chi connectivity index (χ0) is 15.5. The van der Waals surface area contributed by atoms with Crippen LogP contribution >= 0.6 is 11.3 Å². The maximum Gasteiger partial charge on any atom is 0.237 e. The predicted octanol–water partition coefficient (Wildman–Crippen LogP) is 3.28. The van der Waals surface area contributed by atoms with E-state index in [2.05, 4.69) is 27.5 Å². The molecule has 1 aliphatic heterocycles. The van der Waals surface area contributed by atoms with Gasteiger partial charge in [-0.3, -0.25) is 9.69 Å². The normalized spacial score (nSPS) is 22.8. The third-order valence-corrected chi connectivity index (χ3v) is 5.91. The van der Waals surface area contributed by atoms with Crippen LogP contribution in [0.15, 0.2) is 5.38 Å². The second kappa shape index (κ2) is 7.09. The van der Waals surface area contributed by atoms with E-state index in [0.717, 1.165) is 23.8 Å². The zero-order valence-electron chi connectivity index (χ0n) is 13.7. The smallest absolute Gasteiger partial charge is 0.237 e. The Balaban J connectivity index is 1.63. The van der Waals surface area contributed by atoms with E-state index in [1.807, 2.05) is 6.92 Å². The van der Waals surface area contributed by atoms with Crippen LogP contribution in [-0.4, -0.2) is 34.9 Å². The van der Waals surface area contributed by atoms with E-state index in [9.17, 15) is 4.79 Å². The molecule has 1 saturated carbocycles. The van der Waals surface area contributed by atoms with Gasteiger partial charge in [0.15, 0.2) is 0 Å². The molecular weight excluding hydrogens is 294 g/mol. The number of thiazole rings is 1. The van der Waals surface area contributed by atoms with Crippen LogP contribution in [0.1, 0.15) is 62.2 Å². The molecular formula is C17H27N3OS. The fourth-order valence-electron chi connectivity index (χ4n) is 3.25. The maximum atomic E-state index is 12.7. The van der Waals surface area contributed by atoms with Gasteiger partial charge in [-0.1, -0.05) is 12.8 Å². The predicted molar refractivity (Wildman–Crippen MR) is 90.0 cm³/mol. The number of hydrogen-bond donors (Lipinski definition) is 1. The van der Waals surface area contributed by atoms with Crippen LogP contribution in [0.3, 0.4) is 0 Å². The Morgan fingerprint density at radius 3 is 2.55 bits per heavy atom. The highest BCUT2D eigenvalue weighted by atomic mass is 32.1. The highest BCUT2D eigenvalue weighted by molar-refractivity contribution is 7.09. The molecule has 0 radical (unpaired) electrons. The number of carbonyl (C=O) groups excluding carboxylic acids is 1. The van der Waals surface area contributed by atoms with Crippen molar-refractivity contribution in [3.63, 3.8) is 0 Å². The zero-order valence-corrected chi connectivity index (χ0v) is 14.5. The van der Waals surface area contributed by atoms with Crippen molar-refractivity contribution in [2.24, 2.45) is 5.92 Å². The van der Waals surface area contributed by atoms with Crippen LogP contribution < -0.4 is 5.32 Å². The van der Waals surface area contributed by atoms with E-state index in [4.69, 9.17) is 0 Å². The standard InChI is InChI=1S/C17H27N3OS/c1-12-11-22-17(18-12)15(14-7-8-14)19-16(21)13(2)20-9-5-3-4-6-10-20/h11,13-15H,3-10H2,1-2H3,(H,19,21)/t13-,15+/m0/s1. The first-order valence-electron chi connectivity index (χ1n) is 8.61. The number of likely N-dealkylation sites (tertiary alicyclic amines) is 1. The molecule has 5 heteroatoms. The van der Waals surface area contributed by atoms with Crippen LogP contribution in [0.4, 0.5) is 0 Å². The van der Waals surface area contributed by atoms with E-state index in [1.165, 1.54) is 38.5 Å². The lowest BCUT2D eigenvalue weighted by Crippen LogP contribution is -2.46. The molecule has 0 aromatic carbocycles.